The number of carbonyl (C=O) groups is 1. The molecule has 0 radical (unpaired) electrons. The molecular formula is C19H20N2O5S2. The summed E-state index contributed by atoms with van der Waals surface area (Å²) in [6, 6.07) is 9.78. The van der Waals surface area contributed by atoms with Crippen molar-refractivity contribution in [2.45, 2.75) is 31.5 Å². The Bertz CT molecular complexity index is 1080. The second kappa shape index (κ2) is 8.36. The number of aliphatic hydroxyl groups excluding tert-OH is 2. The van der Waals surface area contributed by atoms with Crippen LogP contribution in [0.4, 0.5) is 5.13 Å². The Hall–Kier alpha value is -2.33. The smallest absolute Gasteiger partial charge is 0.230 e. The van der Waals surface area contributed by atoms with Crippen LogP contribution in [0, 0.1) is 0 Å². The monoisotopic (exact) mass is 420 g/mol. The van der Waals surface area contributed by atoms with Gasteiger partial charge in [-0.2, -0.15) is 0 Å². The first-order valence-electron chi connectivity index (χ1n) is 8.62. The minimum absolute atomic E-state index is 0.0000106. The van der Waals surface area contributed by atoms with Crippen molar-refractivity contribution in [3.8, 4) is 0 Å². The summed E-state index contributed by atoms with van der Waals surface area (Å²) in [4.78, 5) is 16.9. The molecule has 1 amide bonds. The second-order valence-electron chi connectivity index (χ2n) is 6.20. The molecule has 9 heteroatoms. The number of fused-ring (bicyclic) bond motifs is 1. The Kier molecular flexibility index (Phi) is 6.09. The van der Waals surface area contributed by atoms with Gasteiger partial charge >= 0.3 is 0 Å². The normalized spacial score (nSPS) is 11.7. The summed E-state index contributed by atoms with van der Waals surface area (Å²) in [5.74, 6) is -0.310. The molecule has 0 aliphatic rings. The highest BCUT2D eigenvalue weighted by Gasteiger charge is 2.14. The van der Waals surface area contributed by atoms with Gasteiger partial charge in [0.05, 0.1) is 40.5 Å². The van der Waals surface area contributed by atoms with Gasteiger partial charge in [0.1, 0.15) is 0 Å². The highest BCUT2D eigenvalue weighted by molar-refractivity contribution is 7.91. The van der Waals surface area contributed by atoms with E-state index in [0.29, 0.717) is 27.3 Å². The van der Waals surface area contributed by atoms with Gasteiger partial charge in [-0.15, -0.1) is 0 Å². The van der Waals surface area contributed by atoms with Crippen LogP contribution in [-0.4, -0.2) is 35.3 Å². The fourth-order valence-corrected chi connectivity index (χ4v) is 4.65. The predicted octanol–water partition coefficient (Wildman–Crippen LogP) is 2.26. The van der Waals surface area contributed by atoms with Crippen molar-refractivity contribution in [2.24, 2.45) is 0 Å². The summed E-state index contributed by atoms with van der Waals surface area (Å²) in [7, 11) is -3.33. The van der Waals surface area contributed by atoms with Crippen LogP contribution in [0.3, 0.4) is 0 Å². The number of nitrogens with one attached hydrogen (secondary N) is 1. The third-order valence-corrected chi connectivity index (χ3v) is 6.96. The molecule has 0 bridgehead atoms. The van der Waals surface area contributed by atoms with Gasteiger partial charge in [0.15, 0.2) is 15.0 Å². The van der Waals surface area contributed by atoms with Gasteiger partial charge in [0.25, 0.3) is 0 Å². The Morgan fingerprint density at radius 2 is 1.86 bits per heavy atom. The van der Waals surface area contributed by atoms with E-state index < -0.39 is 9.84 Å². The van der Waals surface area contributed by atoms with Crippen LogP contribution >= 0.6 is 11.3 Å². The molecule has 3 N–H and O–H groups in total. The molecule has 0 aliphatic carbocycles. The Balaban J connectivity index is 1.77. The molecule has 0 unspecified atom stereocenters. The van der Waals surface area contributed by atoms with Crippen LogP contribution in [-0.2, 0) is 34.3 Å². The van der Waals surface area contributed by atoms with Gasteiger partial charge in [0.2, 0.25) is 5.91 Å². The maximum atomic E-state index is 12.4. The Morgan fingerprint density at radius 3 is 2.54 bits per heavy atom. The number of hydrogen-bond donors (Lipinski definition) is 3. The van der Waals surface area contributed by atoms with Crippen LogP contribution in [0.15, 0.2) is 41.3 Å². The van der Waals surface area contributed by atoms with E-state index >= 15 is 0 Å². The van der Waals surface area contributed by atoms with Crippen molar-refractivity contribution in [3.05, 3.63) is 53.1 Å². The molecule has 1 heterocycles. The van der Waals surface area contributed by atoms with Gasteiger partial charge in [0, 0.05) is 0 Å². The number of benzene rings is 2. The van der Waals surface area contributed by atoms with Crippen LogP contribution in [0.25, 0.3) is 10.2 Å². The number of hydrogen-bond acceptors (Lipinski definition) is 7. The largest absolute Gasteiger partial charge is 0.392 e. The molecule has 148 valence electrons. The molecule has 0 fully saturated rings. The van der Waals surface area contributed by atoms with E-state index in [4.69, 9.17) is 0 Å². The third kappa shape index (κ3) is 4.39. The number of thiazole rings is 1. The van der Waals surface area contributed by atoms with Gasteiger partial charge < -0.3 is 15.5 Å². The molecular weight excluding hydrogens is 400 g/mol. The van der Waals surface area contributed by atoms with E-state index in [-0.39, 0.29) is 36.2 Å². The van der Waals surface area contributed by atoms with Crippen molar-refractivity contribution in [1.82, 2.24) is 4.98 Å². The fourth-order valence-electron chi connectivity index (χ4n) is 2.77. The summed E-state index contributed by atoms with van der Waals surface area (Å²) in [5, 5.41) is 21.9. The first-order valence-corrected chi connectivity index (χ1v) is 11.1. The standard InChI is InChI=1S/C19H20N2O5S2/c1-2-28(25,26)15-5-3-4-12(6-15)7-18(24)21-19-20-16-8-13(10-22)14(11-23)9-17(16)27-19/h3-6,8-9,22-23H,2,7,10-11H2,1H3,(H,20,21,24). The van der Waals surface area contributed by atoms with E-state index in [1.165, 1.54) is 23.5 Å². The summed E-state index contributed by atoms with van der Waals surface area (Å²) in [5.41, 5.74) is 2.42. The lowest BCUT2D eigenvalue weighted by Crippen LogP contribution is -2.14. The van der Waals surface area contributed by atoms with Gasteiger partial charge in [-0.25, -0.2) is 13.4 Å². The van der Waals surface area contributed by atoms with Crippen molar-refractivity contribution in [3.63, 3.8) is 0 Å². The molecule has 0 saturated carbocycles. The number of amides is 1. The summed E-state index contributed by atoms with van der Waals surface area (Å²) < 4.78 is 24.8. The number of carbonyl (C=O) groups excluding carboxylic acids is 1. The fraction of sp³-hybridized carbons (Fsp3) is 0.263. The van der Waals surface area contributed by atoms with E-state index in [0.717, 1.165) is 4.70 Å². The lowest BCUT2D eigenvalue weighted by molar-refractivity contribution is -0.115. The van der Waals surface area contributed by atoms with Crippen molar-refractivity contribution < 1.29 is 23.4 Å². The highest BCUT2D eigenvalue weighted by atomic mass is 32.2. The SMILES string of the molecule is CCS(=O)(=O)c1cccc(CC(=O)Nc2nc3cc(CO)c(CO)cc3s2)c1. The molecule has 0 spiro atoms. The second-order valence-corrected chi connectivity index (χ2v) is 9.51. The molecule has 7 nitrogen and oxygen atoms in total. The number of nitrogens with zero attached hydrogens (tertiary/aromatic N) is 1. The maximum Gasteiger partial charge on any atom is 0.230 e. The van der Waals surface area contributed by atoms with Gasteiger partial charge in [-0.05, 0) is 41.0 Å². The average Bonchev–Trinajstić information content (AvgIpc) is 3.07. The summed E-state index contributed by atoms with van der Waals surface area (Å²) in [6.45, 7) is 1.18. The van der Waals surface area contributed by atoms with E-state index in [9.17, 15) is 23.4 Å². The number of aliphatic hydroxyl groups is 2. The molecule has 2 aromatic carbocycles. The van der Waals surface area contributed by atoms with E-state index in [1.54, 1.807) is 31.2 Å². The summed E-state index contributed by atoms with van der Waals surface area (Å²) >= 11 is 1.26. The molecule has 0 aliphatic heterocycles. The van der Waals surface area contributed by atoms with Gasteiger partial charge in [-0.1, -0.05) is 30.4 Å². The van der Waals surface area contributed by atoms with E-state index in [1.807, 2.05) is 0 Å². The Morgan fingerprint density at radius 1 is 1.14 bits per heavy atom. The quantitative estimate of drug-likeness (QED) is 0.540. The zero-order valence-electron chi connectivity index (χ0n) is 15.2. The minimum Gasteiger partial charge on any atom is -0.392 e. The average molecular weight is 421 g/mol. The number of anilines is 1. The zero-order chi connectivity index (χ0) is 20.3. The lowest BCUT2D eigenvalue weighted by Gasteiger charge is -2.05. The number of aromatic nitrogens is 1. The first-order chi connectivity index (χ1) is 13.4. The Labute approximate surface area is 166 Å². The van der Waals surface area contributed by atoms with Crippen LogP contribution in [0.2, 0.25) is 0 Å². The molecule has 3 aromatic rings. The molecule has 1 aromatic heterocycles. The minimum atomic E-state index is -3.33. The van der Waals surface area contributed by atoms with Crippen molar-refractivity contribution >= 4 is 42.4 Å². The lowest BCUT2D eigenvalue weighted by atomic mass is 10.1. The van der Waals surface area contributed by atoms with Crippen molar-refractivity contribution in [1.29, 1.82) is 0 Å². The summed E-state index contributed by atoms with van der Waals surface area (Å²) in [6.07, 6.45) is 0.0206. The van der Waals surface area contributed by atoms with Crippen LogP contribution < -0.4 is 5.32 Å². The predicted molar refractivity (Wildman–Crippen MR) is 108 cm³/mol. The zero-order valence-corrected chi connectivity index (χ0v) is 16.8. The molecule has 28 heavy (non-hydrogen) atoms. The third-order valence-electron chi connectivity index (χ3n) is 4.30. The van der Waals surface area contributed by atoms with Crippen LogP contribution in [0.1, 0.15) is 23.6 Å². The first kappa shape index (κ1) is 20.4. The number of rotatable bonds is 7. The maximum absolute atomic E-state index is 12.4. The topological polar surface area (TPSA) is 117 Å². The molecule has 3 rings (SSSR count). The van der Waals surface area contributed by atoms with Gasteiger partial charge in [-0.3, -0.25) is 4.79 Å². The highest BCUT2D eigenvalue weighted by Crippen LogP contribution is 2.29. The molecule has 0 saturated heterocycles. The van der Waals surface area contributed by atoms with Crippen LogP contribution in [0.5, 0.6) is 0 Å². The van der Waals surface area contributed by atoms with Crippen molar-refractivity contribution in [2.75, 3.05) is 11.1 Å². The van der Waals surface area contributed by atoms with E-state index in [2.05, 4.69) is 10.3 Å². The molecule has 0 atom stereocenters. The number of sulfone groups is 1.